The number of amides is 2. The van der Waals surface area contributed by atoms with E-state index in [-0.39, 0.29) is 23.8 Å². The van der Waals surface area contributed by atoms with E-state index in [1.807, 2.05) is 40.1 Å². The number of carbonyl (C=O) groups is 2. The minimum atomic E-state index is -0.0115. The lowest BCUT2D eigenvalue weighted by Crippen LogP contribution is -2.45. The molecule has 0 aromatic carbocycles. The molecule has 1 aliphatic heterocycles. The zero-order valence-corrected chi connectivity index (χ0v) is 14.5. The fourth-order valence-electron chi connectivity index (χ4n) is 3.02. The van der Waals surface area contributed by atoms with Gasteiger partial charge in [0.15, 0.2) is 0 Å². The van der Waals surface area contributed by atoms with E-state index >= 15 is 0 Å². The SMILES string of the molecule is CC(Cn1ccnc1)NC(=O)C1CCN(C(=O)c2cccs2)CC1. The van der Waals surface area contributed by atoms with Gasteiger partial charge in [-0.05, 0) is 31.2 Å². The monoisotopic (exact) mass is 346 g/mol. The second kappa shape index (κ2) is 7.61. The molecule has 1 fully saturated rings. The Bertz CT molecular complexity index is 661. The van der Waals surface area contributed by atoms with Crippen molar-refractivity contribution in [1.29, 1.82) is 0 Å². The minimum Gasteiger partial charge on any atom is -0.352 e. The summed E-state index contributed by atoms with van der Waals surface area (Å²) in [5.74, 6) is 0.158. The fraction of sp³-hybridized carbons (Fsp3) is 0.471. The molecule has 2 aromatic rings. The molecule has 3 heterocycles. The van der Waals surface area contributed by atoms with E-state index in [2.05, 4.69) is 10.3 Å². The predicted octanol–water partition coefficient (Wildman–Crippen LogP) is 2.00. The van der Waals surface area contributed by atoms with E-state index in [0.717, 1.165) is 17.7 Å². The van der Waals surface area contributed by atoms with Crippen molar-refractivity contribution in [3.05, 3.63) is 41.1 Å². The molecular formula is C17H22N4O2S. The highest BCUT2D eigenvalue weighted by Gasteiger charge is 2.28. The van der Waals surface area contributed by atoms with Gasteiger partial charge in [0.1, 0.15) is 0 Å². The second-order valence-corrected chi connectivity index (χ2v) is 7.16. The number of nitrogens with one attached hydrogen (secondary N) is 1. The summed E-state index contributed by atoms with van der Waals surface area (Å²) in [6.07, 6.45) is 6.81. The minimum absolute atomic E-state index is 0.0115. The second-order valence-electron chi connectivity index (χ2n) is 6.21. The van der Waals surface area contributed by atoms with Crippen molar-refractivity contribution in [2.24, 2.45) is 5.92 Å². The number of piperidine rings is 1. The van der Waals surface area contributed by atoms with Crippen molar-refractivity contribution in [2.75, 3.05) is 13.1 Å². The summed E-state index contributed by atoms with van der Waals surface area (Å²) in [5.41, 5.74) is 0. The van der Waals surface area contributed by atoms with Crippen LogP contribution in [0, 0.1) is 5.92 Å². The van der Waals surface area contributed by atoms with Gasteiger partial charge in [-0.25, -0.2) is 4.98 Å². The highest BCUT2D eigenvalue weighted by Crippen LogP contribution is 2.21. The number of aromatic nitrogens is 2. The van der Waals surface area contributed by atoms with Gasteiger partial charge in [0, 0.05) is 44.0 Å². The Morgan fingerprint density at radius 1 is 1.42 bits per heavy atom. The summed E-state index contributed by atoms with van der Waals surface area (Å²) in [7, 11) is 0. The molecule has 24 heavy (non-hydrogen) atoms. The number of nitrogens with zero attached hydrogens (tertiary/aromatic N) is 3. The van der Waals surface area contributed by atoms with E-state index in [9.17, 15) is 9.59 Å². The molecule has 0 saturated carbocycles. The zero-order valence-electron chi connectivity index (χ0n) is 13.7. The van der Waals surface area contributed by atoms with E-state index in [1.165, 1.54) is 11.3 Å². The first-order valence-corrected chi connectivity index (χ1v) is 9.10. The van der Waals surface area contributed by atoms with Crippen molar-refractivity contribution in [1.82, 2.24) is 19.8 Å². The van der Waals surface area contributed by atoms with Crippen molar-refractivity contribution in [2.45, 2.75) is 32.4 Å². The number of hydrogen-bond donors (Lipinski definition) is 1. The van der Waals surface area contributed by atoms with Crippen LogP contribution in [-0.2, 0) is 11.3 Å². The third-order valence-corrected chi connectivity index (χ3v) is 5.18. The third-order valence-electron chi connectivity index (χ3n) is 4.32. The number of rotatable bonds is 5. The normalized spacial score (nSPS) is 16.8. The smallest absolute Gasteiger partial charge is 0.263 e. The quantitative estimate of drug-likeness (QED) is 0.900. The average Bonchev–Trinajstić information content (AvgIpc) is 3.27. The Balaban J connectivity index is 1.45. The van der Waals surface area contributed by atoms with Crippen LogP contribution in [0.2, 0.25) is 0 Å². The van der Waals surface area contributed by atoms with Crippen LogP contribution >= 0.6 is 11.3 Å². The Morgan fingerprint density at radius 2 is 2.21 bits per heavy atom. The van der Waals surface area contributed by atoms with Gasteiger partial charge in [-0.1, -0.05) is 6.07 Å². The van der Waals surface area contributed by atoms with Gasteiger partial charge in [0.2, 0.25) is 5.91 Å². The van der Waals surface area contributed by atoms with E-state index in [0.29, 0.717) is 19.6 Å². The molecule has 1 atom stereocenters. The summed E-state index contributed by atoms with van der Waals surface area (Å²) >= 11 is 1.46. The summed E-state index contributed by atoms with van der Waals surface area (Å²) in [6.45, 7) is 3.99. The lowest BCUT2D eigenvalue weighted by Gasteiger charge is -2.31. The van der Waals surface area contributed by atoms with E-state index < -0.39 is 0 Å². The summed E-state index contributed by atoms with van der Waals surface area (Å²) < 4.78 is 1.95. The van der Waals surface area contributed by atoms with Crippen molar-refractivity contribution < 1.29 is 9.59 Å². The van der Waals surface area contributed by atoms with Crippen molar-refractivity contribution in [3.63, 3.8) is 0 Å². The first kappa shape index (κ1) is 16.7. The van der Waals surface area contributed by atoms with Crippen molar-refractivity contribution in [3.8, 4) is 0 Å². The molecule has 1 saturated heterocycles. The van der Waals surface area contributed by atoms with Gasteiger partial charge in [-0.2, -0.15) is 0 Å². The lowest BCUT2D eigenvalue weighted by atomic mass is 9.95. The molecule has 3 rings (SSSR count). The Kier molecular flexibility index (Phi) is 5.30. The first-order chi connectivity index (χ1) is 11.6. The Morgan fingerprint density at radius 3 is 2.83 bits per heavy atom. The number of carbonyl (C=O) groups excluding carboxylic acids is 2. The third kappa shape index (κ3) is 4.03. The highest BCUT2D eigenvalue weighted by atomic mass is 32.1. The number of imidazole rings is 1. The zero-order chi connectivity index (χ0) is 16.9. The van der Waals surface area contributed by atoms with Gasteiger partial charge >= 0.3 is 0 Å². The van der Waals surface area contributed by atoms with Gasteiger partial charge in [-0.15, -0.1) is 11.3 Å². The molecule has 2 aromatic heterocycles. The van der Waals surface area contributed by atoms with Crippen LogP contribution in [0.1, 0.15) is 29.4 Å². The lowest BCUT2D eigenvalue weighted by molar-refractivity contribution is -0.127. The topological polar surface area (TPSA) is 67.2 Å². The number of likely N-dealkylation sites (tertiary alicyclic amines) is 1. The molecule has 0 radical (unpaired) electrons. The van der Waals surface area contributed by atoms with Crippen LogP contribution in [0.15, 0.2) is 36.2 Å². The first-order valence-electron chi connectivity index (χ1n) is 8.22. The van der Waals surface area contributed by atoms with Gasteiger partial charge in [-0.3, -0.25) is 9.59 Å². The van der Waals surface area contributed by atoms with Crippen LogP contribution in [0.25, 0.3) is 0 Å². The molecule has 0 aliphatic carbocycles. The molecule has 1 unspecified atom stereocenters. The van der Waals surface area contributed by atoms with Gasteiger partial charge in [0.05, 0.1) is 11.2 Å². The molecule has 0 bridgehead atoms. The fourth-order valence-corrected chi connectivity index (χ4v) is 3.71. The molecule has 0 spiro atoms. The van der Waals surface area contributed by atoms with Crippen LogP contribution in [0.5, 0.6) is 0 Å². The summed E-state index contributed by atoms with van der Waals surface area (Å²) in [6, 6.07) is 3.79. The summed E-state index contributed by atoms with van der Waals surface area (Å²) in [4.78, 5) is 31.4. The van der Waals surface area contributed by atoms with Crippen LogP contribution in [-0.4, -0.2) is 45.4 Å². The molecule has 1 aliphatic rings. The Labute approximate surface area is 145 Å². The predicted molar refractivity (Wildman–Crippen MR) is 92.8 cm³/mol. The van der Waals surface area contributed by atoms with Gasteiger partial charge < -0.3 is 14.8 Å². The molecule has 1 N–H and O–H groups in total. The Hall–Kier alpha value is -2.15. The van der Waals surface area contributed by atoms with Crippen LogP contribution in [0.4, 0.5) is 0 Å². The maximum absolute atomic E-state index is 12.4. The van der Waals surface area contributed by atoms with Crippen LogP contribution < -0.4 is 5.32 Å². The molecule has 2 amide bonds. The van der Waals surface area contributed by atoms with E-state index in [4.69, 9.17) is 0 Å². The maximum atomic E-state index is 12.4. The highest BCUT2D eigenvalue weighted by molar-refractivity contribution is 7.12. The molecular weight excluding hydrogens is 324 g/mol. The number of hydrogen-bond acceptors (Lipinski definition) is 4. The molecule has 6 nitrogen and oxygen atoms in total. The van der Waals surface area contributed by atoms with Gasteiger partial charge in [0.25, 0.3) is 5.91 Å². The van der Waals surface area contributed by atoms with Crippen LogP contribution in [0.3, 0.4) is 0 Å². The summed E-state index contributed by atoms with van der Waals surface area (Å²) in [5, 5.41) is 4.98. The van der Waals surface area contributed by atoms with Crippen molar-refractivity contribution >= 4 is 23.2 Å². The maximum Gasteiger partial charge on any atom is 0.263 e. The standard InChI is InChI=1S/C17H22N4O2S/c1-13(11-20-9-6-18-12-20)19-16(22)14-4-7-21(8-5-14)17(23)15-3-2-10-24-15/h2-3,6,9-10,12-14H,4-5,7-8,11H2,1H3,(H,19,22). The number of thiophene rings is 1. The largest absolute Gasteiger partial charge is 0.352 e. The van der Waals surface area contributed by atoms with E-state index in [1.54, 1.807) is 12.5 Å². The molecule has 128 valence electrons. The average molecular weight is 346 g/mol. The molecule has 7 heteroatoms.